The molecule has 30 heavy (non-hydrogen) atoms. The van der Waals surface area contributed by atoms with E-state index in [1.54, 1.807) is 0 Å². The van der Waals surface area contributed by atoms with Gasteiger partial charge < -0.3 is 25.1 Å². The average molecular weight is 409 g/mol. The Morgan fingerprint density at radius 2 is 2.07 bits per heavy atom. The molecule has 9 nitrogen and oxygen atoms in total. The maximum atomic E-state index is 12.0. The van der Waals surface area contributed by atoms with Gasteiger partial charge >= 0.3 is 5.97 Å². The van der Waals surface area contributed by atoms with Gasteiger partial charge in [0, 0.05) is 17.8 Å². The molecule has 9 heteroatoms. The summed E-state index contributed by atoms with van der Waals surface area (Å²) < 4.78 is 9.99. The lowest BCUT2D eigenvalue weighted by molar-refractivity contribution is -0.146. The Labute approximate surface area is 173 Å². The molecule has 0 bridgehead atoms. The molecular formula is C21H23N5O4. The Balaban J connectivity index is 1.74. The molecule has 1 aromatic carbocycles. The fourth-order valence-corrected chi connectivity index (χ4v) is 3.68. The van der Waals surface area contributed by atoms with Crippen molar-refractivity contribution in [1.82, 2.24) is 15.0 Å². The number of hydrogen-bond donors (Lipinski definition) is 2. The van der Waals surface area contributed by atoms with Crippen LogP contribution in [0.2, 0.25) is 0 Å². The SMILES string of the molecule is COC(=O)COCc1cc2c(N3CCC[C@H]3C(N)=O)nc(-c3ccccc3)nc2[nH]1. The van der Waals surface area contributed by atoms with E-state index < -0.39 is 12.0 Å². The van der Waals surface area contributed by atoms with Gasteiger partial charge in [0.2, 0.25) is 5.91 Å². The van der Waals surface area contributed by atoms with E-state index in [0.717, 1.165) is 23.1 Å². The smallest absolute Gasteiger partial charge is 0.331 e. The zero-order chi connectivity index (χ0) is 21.1. The number of nitrogens with two attached hydrogens (primary N) is 1. The van der Waals surface area contributed by atoms with Gasteiger partial charge in [0.15, 0.2) is 5.82 Å². The minimum atomic E-state index is -0.445. The summed E-state index contributed by atoms with van der Waals surface area (Å²) in [6.45, 7) is 0.730. The molecule has 1 amide bonds. The third-order valence-electron chi connectivity index (χ3n) is 5.11. The molecular weight excluding hydrogens is 386 g/mol. The predicted octanol–water partition coefficient (Wildman–Crippen LogP) is 1.77. The number of aromatic amines is 1. The van der Waals surface area contributed by atoms with Crippen LogP contribution in [0, 0.1) is 0 Å². The maximum Gasteiger partial charge on any atom is 0.331 e. The van der Waals surface area contributed by atoms with Gasteiger partial charge in [-0.15, -0.1) is 0 Å². The normalized spacial score (nSPS) is 16.2. The number of nitrogens with one attached hydrogen (secondary N) is 1. The number of fused-ring (bicyclic) bond motifs is 1. The van der Waals surface area contributed by atoms with Crippen molar-refractivity contribution in [3.8, 4) is 11.4 Å². The second kappa shape index (κ2) is 8.50. The topological polar surface area (TPSA) is 123 Å². The Morgan fingerprint density at radius 1 is 1.27 bits per heavy atom. The van der Waals surface area contributed by atoms with Crippen molar-refractivity contribution < 1.29 is 19.1 Å². The van der Waals surface area contributed by atoms with Gasteiger partial charge in [0.25, 0.3) is 0 Å². The summed E-state index contributed by atoms with van der Waals surface area (Å²) in [5.41, 5.74) is 7.88. The standard InChI is InChI=1S/C21H23N5O4/c1-29-17(27)12-30-11-14-10-15-20(23-14)24-19(13-6-3-2-4-7-13)25-21(15)26-9-5-8-16(26)18(22)28/h2-4,6-7,10,16H,5,8-9,11-12H2,1H3,(H2,22,28)(H,23,24,25)/t16-/m0/s1. The van der Waals surface area contributed by atoms with Gasteiger partial charge in [-0.3, -0.25) is 4.79 Å². The summed E-state index contributed by atoms with van der Waals surface area (Å²) in [4.78, 5) is 37.9. The van der Waals surface area contributed by atoms with Crippen molar-refractivity contribution in [2.75, 3.05) is 25.2 Å². The number of benzene rings is 1. The first-order chi connectivity index (χ1) is 14.6. The number of carbonyl (C=O) groups is 2. The highest BCUT2D eigenvalue weighted by molar-refractivity contribution is 5.93. The van der Waals surface area contributed by atoms with E-state index >= 15 is 0 Å². The number of hydrogen-bond acceptors (Lipinski definition) is 7. The van der Waals surface area contributed by atoms with Gasteiger partial charge in [-0.25, -0.2) is 14.8 Å². The highest BCUT2D eigenvalue weighted by atomic mass is 16.6. The first-order valence-corrected chi connectivity index (χ1v) is 9.72. The Hall–Kier alpha value is -3.46. The predicted molar refractivity (Wildman–Crippen MR) is 111 cm³/mol. The van der Waals surface area contributed by atoms with Crippen LogP contribution in [0.5, 0.6) is 0 Å². The monoisotopic (exact) mass is 409 g/mol. The number of anilines is 1. The van der Waals surface area contributed by atoms with Gasteiger partial charge in [0.05, 0.1) is 19.1 Å². The largest absolute Gasteiger partial charge is 0.467 e. The van der Waals surface area contributed by atoms with E-state index in [0.29, 0.717) is 30.3 Å². The molecule has 0 radical (unpaired) electrons. The van der Waals surface area contributed by atoms with E-state index in [1.165, 1.54) is 7.11 Å². The third-order valence-corrected chi connectivity index (χ3v) is 5.11. The Morgan fingerprint density at radius 3 is 2.80 bits per heavy atom. The van der Waals surface area contributed by atoms with Gasteiger partial charge in [-0.1, -0.05) is 30.3 Å². The minimum absolute atomic E-state index is 0.143. The van der Waals surface area contributed by atoms with E-state index in [1.807, 2.05) is 41.3 Å². The molecule has 2 aromatic heterocycles. The first kappa shape index (κ1) is 19.8. The third kappa shape index (κ3) is 3.97. The lowest BCUT2D eigenvalue weighted by Crippen LogP contribution is -2.40. The number of rotatable bonds is 7. The number of primary amides is 1. The average Bonchev–Trinajstić information content (AvgIpc) is 3.40. The van der Waals surface area contributed by atoms with Crippen LogP contribution in [0.3, 0.4) is 0 Å². The minimum Gasteiger partial charge on any atom is -0.467 e. The number of esters is 1. The van der Waals surface area contributed by atoms with Crippen molar-refractivity contribution >= 4 is 28.7 Å². The molecule has 0 aliphatic carbocycles. The number of methoxy groups -OCH3 is 1. The molecule has 3 heterocycles. The second-order valence-corrected chi connectivity index (χ2v) is 7.12. The van der Waals surface area contributed by atoms with Crippen LogP contribution in [-0.2, 0) is 25.7 Å². The zero-order valence-electron chi connectivity index (χ0n) is 16.6. The number of ether oxygens (including phenoxy) is 2. The lowest BCUT2D eigenvalue weighted by atomic mass is 10.2. The molecule has 0 saturated carbocycles. The molecule has 3 N–H and O–H groups in total. The molecule has 1 aliphatic heterocycles. The van der Waals surface area contributed by atoms with E-state index in [-0.39, 0.29) is 19.1 Å². The summed E-state index contributed by atoms with van der Waals surface area (Å²) in [5, 5.41) is 0.777. The van der Waals surface area contributed by atoms with Crippen LogP contribution in [0.1, 0.15) is 18.5 Å². The van der Waals surface area contributed by atoms with E-state index in [9.17, 15) is 9.59 Å². The quantitative estimate of drug-likeness (QED) is 0.570. The number of amides is 1. The zero-order valence-corrected chi connectivity index (χ0v) is 16.6. The molecule has 156 valence electrons. The van der Waals surface area contributed by atoms with Crippen LogP contribution < -0.4 is 10.6 Å². The second-order valence-electron chi connectivity index (χ2n) is 7.12. The highest BCUT2D eigenvalue weighted by Gasteiger charge is 2.32. The van der Waals surface area contributed by atoms with Crippen molar-refractivity contribution in [1.29, 1.82) is 0 Å². The summed E-state index contributed by atoms with van der Waals surface area (Å²) in [5.74, 6) is 0.407. The fourth-order valence-electron chi connectivity index (χ4n) is 3.68. The number of nitrogens with zero attached hydrogens (tertiary/aromatic N) is 3. The van der Waals surface area contributed by atoms with Gasteiger partial charge in [-0.05, 0) is 18.9 Å². The summed E-state index contributed by atoms with van der Waals surface area (Å²) in [7, 11) is 1.31. The van der Waals surface area contributed by atoms with E-state index in [2.05, 4.69) is 14.7 Å². The molecule has 4 rings (SSSR count). The summed E-state index contributed by atoms with van der Waals surface area (Å²) in [6, 6.07) is 11.1. The summed E-state index contributed by atoms with van der Waals surface area (Å²) >= 11 is 0. The van der Waals surface area contributed by atoms with Crippen LogP contribution in [0.15, 0.2) is 36.4 Å². The summed E-state index contributed by atoms with van der Waals surface area (Å²) in [6.07, 6.45) is 1.56. The fraction of sp³-hybridized carbons (Fsp3) is 0.333. The lowest BCUT2D eigenvalue weighted by Gasteiger charge is -2.24. The van der Waals surface area contributed by atoms with Crippen LogP contribution in [0.4, 0.5) is 5.82 Å². The van der Waals surface area contributed by atoms with Crippen molar-refractivity contribution in [3.63, 3.8) is 0 Å². The molecule has 1 atom stereocenters. The molecule has 1 saturated heterocycles. The maximum absolute atomic E-state index is 12.0. The Bertz CT molecular complexity index is 1070. The van der Waals surface area contributed by atoms with Crippen molar-refractivity contribution in [2.24, 2.45) is 5.73 Å². The number of H-pyrrole nitrogens is 1. The molecule has 1 fully saturated rings. The highest BCUT2D eigenvalue weighted by Crippen LogP contribution is 2.32. The number of aromatic nitrogens is 3. The van der Waals surface area contributed by atoms with Crippen LogP contribution >= 0.6 is 0 Å². The molecule has 3 aromatic rings. The number of carbonyl (C=O) groups excluding carboxylic acids is 2. The molecule has 0 unspecified atom stereocenters. The first-order valence-electron chi connectivity index (χ1n) is 9.72. The van der Waals surface area contributed by atoms with Crippen molar-refractivity contribution in [2.45, 2.75) is 25.5 Å². The van der Waals surface area contributed by atoms with Gasteiger partial charge in [-0.2, -0.15) is 0 Å². The van der Waals surface area contributed by atoms with Crippen LogP contribution in [-0.4, -0.2) is 53.1 Å². The van der Waals surface area contributed by atoms with Crippen molar-refractivity contribution in [3.05, 3.63) is 42.1 Å². The van der Waals surface area contributed by atoms with E-state index in [4.69, 9.17) is 15.5 Å². The Kier molecular flexibility index (Phi) is 5.62. The van der Waals surface area contributed by atoms with Gasteiger partial charge in [0.1, 0.15) is 24.1 Å². The molecule has 1 aliphatic rings. The molecule has 0 spiro atoms. The van der Waals surface area contributed by atoms with Crippen LogP contribution in [0.25, 0.3) is 22.4 Å².